The number of hydrogen-bond acceptors (Lipinski definition) is 5. The average Bonchev–Trinajstić information content (AvgIpc) is 2.32. The molecule has 1 unspecified atom stereocenters. The minimum Gasteiger partial charge on any atom is -0.409 e. The van der Waals surface area contributed by atoms with Crippen molar-refractivity contribution in [2.45, 2.75) is 44.4 Å². The summed E-state index contributed by atoms with van der Waals surface area (Å²) in [6.07, 6.45) is 1.77. The average molecular weight is 279 g/mol. The van der Waals surface area contributed by atoms with Crippen molar-refractivity contribution >= 4 is 21.6 Å². The number of nitrogens with one attached hydrogen (secondary N) is 1. The number of nitrogens with zero attached hydrogens (tertiary/aromatic N) is 1. The molecule has 1 atom stereocenters. The van der Waals surface area contributed by atoms with Gasteiger partial charge in [0.05, 0.1) is 0 Å². The third kappa shape index (κ3) is 3.59. The van der Waals surface area contributed by atoms with Crippen LogP contribution in [0.25, 0.3) is 0 Å². The van der Waals surface area contributed by atoms with Crippen LogP contribution in [0.15, 0.2) is 5.16 Å². The van der Waals surface area contributed by atoms with E-state index in [1.807, 2.05) is 0 Å². The third-order valence-corrected chi connectivity index (χ3v) is 4.68. The van der Waals surface area contributed by atoms with Crippen LogP contribution in [-0.4, -0.2) is 42.4 Å². The summed E-state index contributed by atoms with van der Waals surface area (Å²) in [4.78, 5) is 11.9. The molecule has 4 N–H and O–H groups in total. The Kier molecular flexibility index (Phi) is 5.59. The normalized spacial score (nSPS) is 15.2. The van der Waals surface area contributed by atoms with Crippen LogP contribution >= 0.6 is 0 Å². The van der Waals surface area contributed by atoms with E-state index in [0.717, 1.165) is 6.26 Å². The molecule has 0 aliphatic carbocycles. The maximum atomic E-state index is 11.9. The minimum absolute atomic E-state index is 0.137. The molecule has 0 bridgehead atoms. The van der Waals surface area contributed by atoms with E-state index in [-0.39, 0.29) is 5.84 Å². The van der Waals surface area contributed by atoms with Crippen molar-refractivity contribution in [1.29, 1.82) is 0 Å². The number of sulfone groups is 1. The van der Waals surface area contributed by atoms with E-state index in [0.29, 0.717) is 12.8 Å². The minimum atomic E-state index is -3.48. The second-order valence-corrected chi connectivity index (χ2v) is 6.60. The fourth-order valence-corrected chi connectivity index (χ4v) is 1.93. The Labute approximate surface area is 107 Å². The Morgan fingerprint density at radius 3 is 2.17 bits per heavy atom. The fraction of sp³-hybridized carbons (Fsp3) is 0.800. The molecule has 0 saturated carbocycles. The SMILES string of the molecule is CCC(CC)(NC(=O)C(C)S(C)(=O)=O)C(N)=NO. The van der Waals surface area contributed by atoms with Gasteiger partial charge in [-0.3, -0.25) is 4.79 Å². The number of carbonyl (C=O) groups is 1. The van der Waals surface area contributed by atoms with Gasteiger partial charge in [-0.1, -0.05) is 19.0 Å². The molecule has 0 aliphatic heterocycles. The fourth-order valence-electron chi connectivity index (χ4n) is 1.48. The lowest BCUT2D eigenvalue weighted by Gasteiger charge is -2.32. The van der Waals surface area contributed by atoms with E-state index in [1.165, 1.54) is 6.92 Å². The molecule has 1 amide bonds. The second-order valence-electron chi connectivity index (χ2n) is 4.24. The highest BCUT2D eigenvalue weighted by atomic mass is 32.2. The number of amidine groups is 1. The van der Waals surface area contributed by atoms with E-state index >= 15 is 0 Å². The van der Waals surface area contributed by atoms with Gasteiger partial charge in [0.1, 0.15) is 10.8 Å². The van der Waals surface area contributed by atoms with Crippen LogP contribution in [0.1, 0.15) is 33.6 Å². The molecule has 0 heterocycles. The van der Waals surface area contributed by atoms with E-state index in [4.69, 9.17) is 10.9 Å². The summed E-state index contributed by atoms with van der Waals surface area (Å²) in [5, 5.41) is 13.0. The molecule has 0 aromatic carbocycles. The topological polar surface area (TPSA) is 122 Å². The zero-order valence-corrected chi connectivity index (χ0v) is 11.9. The number of carbonyl (C=O) groups excluding carboxylic acids is 1. The number of amides is 1. The second kappa shape index (κ2) is 6.03. The van der Waals surface area contributed by atoms with Crippen molar-refractivity contribution in [3.05, 3.63) is 0 Å². The Balaban J connectivity index is 5.21. The van der Waals surface area contributed by atoms with Crippen LogP contribution in [0.3, 0.4) is 0 Å². The standard InChI is InChI=1S/C10H21N3O4S/c1-5-10(6-2,9(11)13-15)12-8(14)7(3)18(4,16)17/h7,15H,5-6H2,1-4H3,(H2,11,13)(H,12,14). The number of hydrogen-bond donors (Lipinski definition) is 3. The van der Waals surface area contributed by atoms with Gasteiger partial charge in [0.15, 0.2) is 15.7 Å². The van der Waals surface area contributed by atoms with E-state index in [2.05, 4.69) is 10.5 Å². The summed E-state index contributed by atoms with van der Waals surface area (Å²) < 4.78 is 22.6. The maximum absolute atomic E-state index is 11.9. The van der Waals surface area contributed by atoms with Crippen LogP contribution in [0.2, 0.25) is 0 Å². The van der Waals surface area contributed by atoms with Gasteiger partial charge in [0.25, 0.3) is 0 Å². The lowest BCUT2D eigenvalue weighted by atomic mass is 9.91. The predicted octanol–water partition coefficient (Wildman–Crippen LogP) is -0.159. The van der Waals surface area contributed by atoms with E-state index < -0.39 is 26.5 Å². The summed E-state index contributed by atoms with van der Waals surface area (Å²) in [6.45, 7) is 4.81. The van der Waals surface area contributed by atoms with Crippen molar-refractivity contribution in [2.24, 2.45) is 10.9 Å². The van der Waals surface area contributed by atoms with Gasteiger partial charge < -0.3 is 16.3 Å². The van der Waals surface area contributed by atoms with Crippen LogP contribution in [-0.2, 0) is 14.6 Å². The number of oxime groups is 1. The van der Waals surface area contributed by atoms with Gasteiger partial charge in [-0.15, -0.1) is 0 Å². The van der Waals surface area contributed by atoms with Crippen LogP contribution in [0.4, 0.5) is 0 Å². The first-order valence-electron chi connectivity index (χ1n) is 5.63. The van der Waals surface area contributed by atoms with Gasteiger partial charge in [0, 0.05) is 6.26 Å². The quantitative estimate of drug-likeness (QED) is 0.270. The van der Waals surface area contributed by atoms with Crippen molar-refractivity contribution in [2.75, 3.05) is 6.26 Å². The van der Waals surface area contributed by atoms with Gasteiger partial charge >= 0.3 is 0 Å². The molecular weight excluding hydrogens is 258 g/mol. The van der Waals surface area contributed by atoms with Crippen molar-refractivity contribution in [3.63, 3.8) is 0 Å². The highest BCUT2D eigenvalue weighted by Gasteiger charge is 2.36. The molecule has 0 fully saturated rings. The maximum Gasteiger partial charge on any atom is 0.238 e. The molecule has 0 radical (unpaired) electrons. The zero-order chi connectivity index (χ0) is 14.6. The van der Waals surface area contributed by atoms with Gasteiger partial charge in [0.2, 0.25) is 5.91 Å². The van der Waals surface area contributed by atoms with Gasteiger partial charge in [-0.2, -0.15) is 0 Å². The Hall–Kier alpha value is -1.31. The first kappa shape index (κ1) is 16.7. The zero-order valence-electron chi connectivity index (χ0n) is 11.1. The molecule has 0 saturated heterocycles. The molecular formula is C10H21N3O4S. The molecule has 0 aromatic rings. The lowest BCUT2D eigenvalue weighted by Crippen LogP contribution is -2.59. The molecule has 7 nitrogen and oxygen atoms in total. The summed E-state index contributed by atoms with van der Waals surface area (Å²) in [6, 6.07) is 0. The van der Waals surface area contributed by atoms with Crippen LogP contribution < -0.4 is 11.1 Å². The van der Waals surface area contributed by atoms with Crippen molar-refractivity contribution in [1.82, 2.24) is 5.32 Å². The Bertz CT molecular complexity index is 426. The Morgan fingerprint density at radius 2 is 1.89 bits per heavy atom. The van der Waals surface area contributed by atoms with Crippen LogP contribution in [0, 0.1) is 0 Å². The summed E-state index contributed by atoms with van der Waals surface area (Å²) in [5.41, 5.74) is 4.54. The van der Waals surface area contributed by atoms with Gasteiger partial charge in [-0.05, 0) is 19.8 Å². The number of nitrogens with two attached hydrogens (primary N) is 1. The largest absolute Gasteiger partial charge is 0.409 e. The molecule has 106 valence electrons. The van der Waals surface area contributed by atoms with E-state index in [1.54, 1.807) is 13.8 Å². The summed E-state index contributed by atoms with van der Waals surface area (Å²) >= 11 is 0. The molecule has 18 heavy (non-hydrogen) atoms. The predicted molar refractivity (Wildman–Crippen MR) is 69.2 cm³/mol. The lowest BCUT2D eigenvalue weighted by molar-refractivity contribution is -0.121. The highest BCUT2D eigenvalue weighted by Crippen LogP contribution is 2.16. The van der Waals surface area contributed by atoms with Gasteiger partial charge in [-0.25, -0.2) is 8.42 Å². The summed E-state index contributed by atoms with van der Waals surface area (Å²) in [7, 11) is -3.48. The summed E-state index contributed by atoms with van der Waals surface area (Å²) in [5.74, 6) is -0.797. The molecule has 0 aliphatic rings. The van der Waals surface area contributed by atoms with Crippen molar-refractivity contribution < 1.29 is 18.4 Å². The third-order valence-electron chi connectivity index (χ3n) is 3.18. The Morgan fingerprint density at radius 1 is 1.44 bits per heavy atom. The highest BCUT2D eigenvalue weighted by molar-refractivity contribution is 7.92. The number of rotatable bonds is 6. The first-order valence-corrected chi connectivity index (χ1v) is 7.59. The monoisotopic (exact) mass is 279 g/mol. The smallest absolute Gasteiger partial charge is 0.238 e. The molecule has 0 aromatic heterocycles. The van der Waals surface area contributed by atoms with Crippen LogP contribution in [0.5, 0.6) is 0 Å². The first-order chi connectivity index (χ1) is 8.14. The molecule has 8 heteroatoms. The van der Waals surface area contributed by atoms with Crippen molar-refractivity contribution in [3.8, 4) is 0 Å². The molecule has 0 rings (SSSR count). The molecule has 0 spiro atoms. The van der Waals surface area contributed by atoms with E-state index in [9.17, 15) is 13.2 Å².